The smallest absolute Gasteiger partial charge is 0.231 e. The van der Waals surface area contributed by atoms with Crippen LogP contribution in [0.4, 0.5) is 0 Å². The van der Waals surface area contributed by atoms with Gasteiger partial charge in [0.25, 0.3) is 0 Å². The third-order valence-electron chi connectivity index (χ3n) is 4.45. The van der Waals surface area contributed by atoms with E-state index >= 15 is 0 Å². The number of hydrogen-bond donors (Lipinski definition) is 2. The summed E-state index contributed by atoms with van der Waals surface area (Å²) in [7, 11) is 1.81. The zero-order valence-electron chi connectivity index (χ0n) is 15.8. The van der Waals surface area contributed by atoms with Gasteiger partial charge in [0.1, 0.15) is 0 Å². The van der Waals surface area contributed by atoms with Crippen LogP contribution in [0, 0.1) is 0 Å². The average Bonchev–Trinajstić information content (AvgIpc) is 3.11. The molecule has 1 aromatic carbocycles. The largest absolute Gasteiger partial charge is 0.454 e. The second-order valence-electron chi connectivity index (χ2n) is 6.10. The second kappa shape index (κ2) is 10.8. The Hall–Kier alpha value is -1.95. The summed E-state index contributed by atoms with van der Waals surface area (Å²) in [5.41, 5.74) is 1.23. The van der Waals surface area contributed by atoms with E-state index < -0.39 is 0 Å². The second-order valence-corrected chi connectivity index (χ2v) is 6.10. The highest BCUT2D eigenvalue weighted by atomic mass is 16.7. The molecule has 2 rings (SSSR count). The first-order valence-electron chi connectivity index (χ1n) is 9.32. The Balaban J connectivity index is 1.60. The fourth-order valence-corrected chi connectivity index (χ4v) is 2.85. The molecule has 0 aromatic heterocycles. The van der Waals surface area contributed by atoms with E-state index in [4.69, 9.17) is 9.47 Å². The first-order chi connectivity index (χ1) is 12.3. The predicted molar refractivity (Wildman–Crippen MR) is 103 cm³/mol. The maximum Gasteiger partial charge on any atom is 0.231 e. The van der Waals surface area contributed by atoms with Crippen molar-refractivity contribution in [2.75, 3.05) is 46.6 Å². The van der Waals surface area contributed by atoms with Gasteiger partial charge in [0.05, 0.1) is 0 Å². The van der Waals surface area contributed by atoms with Crippen LogP contribution in [0.1, 0.15) is 32.3 Å². The van der Waals surface area contributed by atoms with Crippen LogP contribution >= 0.6 is 0 Å². The fourth-order valence-electron chi connectivity index (χ4n) is 2.85. The Bertz CT molecular complexity index is 544. The maximum absolute atomic E-state index is 5.41. The van der Waals surface area contributed by atoms with E-state index in [1.54, 1.807) is 0 Å². The zero-order chi connectivity index (χ0) is 17.9. The number of benzene rings is 1. The minimum Gasteiger partial charge on any atom is -0.454 e. The van der Waals surface area contributed by atoms with Crippen molar-refractivity contribution in [3.05, 3.63) is 23.8 Å². The lowest BCUT2D eigenvalue weighted by Gasteiger charge is -2.18. The Morgan fingerprint density at radius 1 is 1.08 bits per heavy atom. The van der Waals surface area contributed by atoms with Crippen molar-refractivity contribution in [3.8, 4) is 11.5 Å². The molecule has 1 aliphatic heterocycles. The van der Waals surface area contributed by atoms with Crippen LogP contribution in [0.15, 0.2) is 23.2 Å². The molecule has 0 atom stereocenters. The van der Waals surface area contributed by atoms with Gasteiger partial charge in [-0.15, -0.1) is 0 Å². The van der Waals surface area contributed by atoms with Crippen LogP contribution in [0.25, 0.3) is 0 Å². The Kier molecular flexibility index (Phi) is 8.39. The third kappa shape index (κ3) is 6.46. The van der Waals surface area contributed by atoms with E-state index in [2.05, 4.69) is 40.4 Å². The van der Waals surface area contributed by atoms with Gasteiger partial charge < -0.3 is 25.0 Å². The molecular weight excluding hydrogens is 316 g/mol. The van der Waals surface area contributed by atoms with Gasteiger partial charge in [0.15, 0.2) is 17.5 Å². The molecule has 0 saturated carbocycles. The molecule has 1 heterocycles. The van der Waals surface area contributed by atoms with Crippen LogP contribution in [0.3, 0.4) is 0 Å². The predicted octanol–water partition coefficient (Wildman–Crippen LogP) is 2.24. The number of nitrogens with zero attached hydrogens (tertiary/aromatic N) is 2. The van der Waals surface area contributed by atoms with Crippen molar-refractivity contribution in [3.63, 3.8) is 0 Å². The van der Waals surface area contributed by atoms with Gasteiger partial charge in [-0.3, -0.25) is 4.99 Å². The van der Waals surface area contributed by atoms with Gasteiger partial charge in [0, 0.05) is 20.1 Å². The molecule has 25 heavy (non-hydrogen) atoms. The van der Waals surface area contributed by atoms with E-state index in [1.807, 2.05) is 19.2 Å². The molecule has 0 unspecified atom stereocenters. The number of rotatable bonds is 10. The normalized spacial score (nSPS) is 13.4. The minimum atomic E-state index is 0.321. The molecule has 140 valence electrons. The van der Waals surface area contributed by atoms with Crippen LogP contribution < -0.4 is 20.1 Å². The number of unbranched alkanes of at least 4 members (excludes halogenated alkanes) is 1. The van der Waals surface area contributed by atoms with E-state index in [0.717, 1.165) is 56.5 Å². The first kappa shape index (κ1) is 19.4. The highest BCUT2D eigenvalue weighted by molar-refractivity contribution is 5.79. The SMILES string of the molecule is CCN(CC)CCCCNC(=NC)NCCc1ccc2c(c1)OCO2. The van der Waals surface area contributed by atoms with Crippen molar-refractivity contribution in [1.82, 2.24) is 15.5 Å². The minimum absolute atomic E-state index is 0.321. The molecule has 6 nitrogen and oxygen atoms in total. The van der Waals surface area contributed by atoms with Gasteiger partial charge in [0.2, 0.25) is 6.79 Å². The molecular formula is C19H32N4O2. The molecule has 1 aromatic rings. The standard InChI is InChI=1S/C19H32N4O2/c1-4-23(5-2)13-7-6-11-21-19(20-3)22-12-10-16-8-9-17-18(14-16)25-15-24-17/h8-9,14H,4-7,10-13,15H2,1-3H3,(H2,20,21,22). The zero-order valence-corrected chi connectivity index (χ0v) is 15.8. The van der Waals surface area contributed by atoms with Crippen LogP contribution in [-0.4, -0.2) is 57.4 Å². The molecule has 0 bridgehead atoms. The average molecular weight is 348 g/mol. The van der Waals surface area contributed by atoms with Gasteiger partial charge in [-0.05, 0) is 56.6 Å². The number of aliphatic imine (C=N–C) groups is 1. The fraction of sp³-hybridized carbons (Fsp3) is 0.632. The summed E-state index contributed by atoms with van der Waals surface area (Å²) in [4.78, 5) is 6.74. The maximum atomic E-state index is 5.41. The highest BCUT2D eigenvalue weighted by Gasteiger charge is 2.12. The number of hydrogen-bond acceptors (Lipinski definition) is 4. The van der Waals surface area contributed by atoms with Crippen LogP contribution in [0.2, 0.25) is 0 Å². The lowest BCUT2D eigenvalue weighted by atomic mass is 10.1. The molecule has 1 aliphatic rings. The molecule has 0 radical (unpaired) electrons. The summed E-state index contributed by atoms with van der Waals surface area (Å²) in [6.45, 7) is 9.97. The lowest BCUT2D eigenvalue weighted by molar-refractivity contribution is 0.174. The number of nitrogens with one attached hydrogen (secondary N) is 2. The van der Waals surface area contributed by atoms with Crippen molar-refractivity contribution < 1.29 is 9.47 Å². The van der Waals surface area contributed by atoms with E-state index in [1.165, 1.54) is 18.5 Å². The Morgan fingerprint density at radius 3 is 2.60 bits per heavy atom. The Morgan fingerprint density at radius 2 is 1.84 bits per heavy atom. The monoisotopic (exact) mass is 348 g/mol. The van der Waals surface area contributed by atoms with Crippen molar-refractivity contribution in [2.45, 2.75) is 33.1 Å². The van der Waals surface area contributed by atoms with Crippen LogP contribution in [0.5, 0.6) is 11.5 Å². The molecule has 6 heteroatoms. The summed E-state index contributed by atoms with van der Waals surface area (Å²) in [6.07, 6.45) is 3.28. The van der Waals surface area contributed by atoms with Gasteiger partial charge >= 0.3 is 0 Å². The highest BCUT2D eigenvalue weighted by Crippen LogP contribution is 2.32. The molecule has 0 spiro atoms. The molecule has 0 aliphatic carbocycles. The number of guanidine groups is 1. The summed E-state index contributed by atoms with van der Waals surface area (Å²) >= 11 is 0. The van der Waals surface area contributed by atoms with Crippen molar-refractivity contribution >= 4 is 5.96 Å². The summed E-state index contributed by atoms with van der Waals surface area (Å²) < 4.78 is 10.8. The van der Waals surface area contributed by atoms with E-state index in [9.17, 15) is 0 Å². The molecule has 0 amide bonds. The third-order valence-corrected chi connectivity index (χ3v) is 4.45. The molecule has 0 saturated heterocycles. The van der Waals surface area contributed by atoms with Gasteiger partial charge in [-0.2, -0.15) is 0 Å². The van der Waals surface area contributed by atoms with Gasteiger partial charge in [-0.1, -0.05) is 19.9 Å². The van der Waals surface area contributed by atoms with E-state index in [-0.39, 0.29) is 0 Å². The topological polar surface area (TPSA) is 58.1 Å². The first-order valence-corrected chi connectivity index (χ1v) is 9.32. The van der Waals surface area contributed by atoms with Gasteiger partial charge in [-0.25, -0.2) is 0 Å². The Labute approximate surface area is 151 Å². The molecule has 0 fully saturated rings. The summed E-state index contributed by atoms with van der Waals surface area (Å²) in [6, 6.07) is 6.10. The number of fused-ring (bicyclic) bond motifs is 1. The summed E-state index contributed by atoms with van der Waals surface area (Å²) in [5, 5.41) is 6.75. The van der Waals surface area contributed by atoms with Crippen molar-refractivity contribution in [1.29, 1.82) is 0 Å². The van der Waals surface area contributed by atoms with Crippen LogP contribution in [-0.2, 0) is 6.42 Å². The quantitative estimate of drug-likeness (QED) is 0.386. The lowest BCUT2D eigenvalue weighted by Crippen LogP contribution is -2.38. The van der Waals surface area contributed by atoms with Crippen molar-refractivity contribution in [2.24, 2.45) is 4.99 Å². The number of ether oxygens (including phenoxy) is 2. The molecule has 2 N–H and O–H groups in total. The van der Waals surface area contributed by atoms with E-state index in [0.29, 0.717) is 6.79 Å². The summed E-state index contributed by atoms with van der Waals surface area (Å²) in [5.74, 6) is 2.54.